The number of alkyl halides is 3. The molecule has 0 radical (unpaired) electrons. The van der Waals surface area contributed by atoms with Crippen LogP contribution in [0.1, 0.15) is 41.3 Å². The molecular formula is C30H29F3N6O2. The Morgan fingerprint density at radius 1 is 1.10 bits per heavy atom. The van der Waals surface area contributed by atoms with Crippen molar-refractivity contribution in [3.63, 3.8) is 0 Å². The maximum Gasteiger partial charge on any atom is 0.416 e. The number of nitrogens with zero attached hydrogens (tertiary/aromatic N) is 3. The van der Waals surface area contributed by atoms with Crippen LogP contribution < -0.4 is 20.7 Å². The SMILES string of the molecule is Cc1ccc(C(=O)Nc2cc(OC[C@]3(C)CCCN3)cc(C(F)(F)F)c2)cc1Nc1ncccc1-c1ccncn1. The highest BCUT2D eigenvalue weighted by Gasteiger charge is 2.33. The topological polar surface area (TPSA) is 101 Å². The van der Waals surface area contributed by atoms with Crippen LogP contribution in [0, 0.1) is 6.92 Å². The molecule has 3 heterocycles. The molecule has 0 unspecified atom stereocenters. The van der Waals surface area contributed by atoms with Gasteiger partial charge in [-0.2, -0.15) is 13.2 Å². The third kappa shape index (κ3) is 6.80. The number of ether oxygens (including phenoxy) is 1. The molecule has 1 saturated heterocycles. The predicted octanol–water partition coefficient (Wildman–Crippen LogP) is 6.38. The van der Waals surface area contributed by atoms with Crippen LogP contribution in [0.15, 0.2) is 73.3 Å². The number of rotatable bonds is 8. The summed E-state index contributed by atoms with van der Waals surface area (Å²) in [5.41, 5.74) is 1.86. The van der Waals surface area contributed by atoms with E-state index in [1.165, 1.54) is 12.4 Å². The van der Waals surface area contributed by atoms with Gasteiger partial charge in [-0.25, -0.2) is 15.0 Å². The monoisotopic (exact) mass is 562 g/mol. The highest BCUT2D eigenvalue weighted by atomic mass is 19.4. The van der Waals surface area contributed by atoms with Gasteiger partial charge < -0.3 is 20.7 Å². The van der Waals surface area contributed by atoms with E-state index in [2.05, 4.69) is 30.9 Å². The van der Waals surface area contributed by atoms with Crippen molar-refractivity contribution in [2.75, 3.05) is 23.8 Å². The molecule has 4 aromatic rings. The van der Waals surface area contributed by atoms with E-state index in [0.29, 0.717) is 17.2 Å². The number of hydrogen-bond acceptors (Lipinski definition) is 7. The van der Waals surface area contributed by atoms with Crippen molar-refractivity contribution in [1.29, 1.82) is 0 Å². The Hall–Kier alpha value is -4.51. The molecule has 212 valence electrons. The minimum Gasteiger partial charge on any atom is -0.492 e. The van der Waals surface area contributed by atoms with Crippen LogP contribution >= 0.6 is 0 Å². The van der Waals surface area contributed by atoms with Crippen LogP contribution in [0.2, 0.25) is 0 Å². The number of aryl methyl sites for hydroxylation is 1. The molecule has 1 aliphatic rings. The van der Waals surface area contributed by atoms with Crippen molar-refractivity contribution in [3.05, 3.63) is 90.0 Å². The Balaban J connectivity index is 1.37. The second-order valence-electron chi connectivity index (χ2n) is 10.2. The molecule has 8 nitrogen and oxygen atoms in total. The Labute approximate surface area is 235 Å². The third-order valence-electron chi connectivity index (χ3n) is 6.92. The van der Waals surface area contributed by atoms with Gasteiger partial charge in [-0.1, -0.05) is 6.07 Å². The fourth-order valence-corrected chi connectivity index (χ4v) is 4.63. The van der Waals surface area contributed by atoms with E-state index in [1.807, 2.05) is 19.9 Å². The highest BCUT2D eigenvalue weighted by molar-refractivity contribution is 6.05. The molecule has 1 aliphatic heterocycles. The summed E-state index contributed by atoms with van der Waals surface area (Å²) in [6.07, 6.45) is 1.93. The molecule has 3 N–H and O–H groups in total. The molecule has 11 heteroatoms. The molecule has 41 heavy (non-hydrogen) atoms. The van der Waals surface area contributed by atoms with Gasteiger partial charge in [-0.05, 0) is 81.3 Å². The molecule has 2 aromatic carbocycles. The summed E-state index contributed by atoms with van der Waals surface area (Å²) in [6.45, 7) is 4.88. The van der Waals surface area contributed by atoms with E-state index >= 15 is 0 Å². The lowest BCUT2D eigenvalue weighted by Crippen LogP contribution is -2.42. The lowest BCUT2D eigenvalue weighted by molar-refractivity contribution is -0.137. The number of hydrogen-bond donors (Lipinski definition) is 3. The number of carbonyl (C=O) groups is 1. The van der Waals surface area contributed by atoms with Gasteiger partial charge in [-0.15, -0.1) is 0 Å². The Morgan fingerprint density at radius 2 is 1.95 bits per heavy atom. The van der Waals surface area contributed by atoms with Crippen LogP contribution in [-0.2, 0) is 6.18 Å². The Morgan fingerprint density at radius 3 is 2.68 bits per heavy atom. The first-order valence-corrected chi connectivity index (χ1v) is 13.1. The smallest absolute Gasteiger partial charge is 0.416 e. The molecule has 2 aromatic heterocycles. The Kier molecular flexibility index (Phi) is 7.89. The molecule has 1 amide bonds. The van der Waals surface area contributed by atoms with Crippen LogP contribution in [0.3, 0.4) is 0 Å². The summed E-state index contributed by atoms with van der Waals surface area (Å²) in [5, 5.41) is 9.18. The highest BCUT2D eigenvalue weighted by Crippen LogP contribution is 2.35. The van der Waals surface area contributed by atoms with Gasteiger partial charge >= 0.3 is 6.18 Å². The number of pyridine rings is 1. The van der Waals surface area contributed by atoms with Crippen molar-refractivity contribution in [2.24, 2.45) is 0 Å². The fourth-order valence-electron chi connectivity index (χ4n) is 4.63. The van der Waals surface area contributed by atoms with Gasteiger partial charge in [0.15, 0.2) is 0 Å². The molecular weight excluding hydrogens is 533 g/mol. The first kappa shape index (κ1) is 28.0. The van der Waals surface area contributed by atoms with E-state index < -0.39 is 17.6 Å². The second-order valence-corrected chi connectivity index (χ2v) is 10.2. The lowest BCUT2D eigenvalue weighted by Gasteiger charge is -2.25. The number of benzene rings is 2. The molecule has 0 spiro atoms. The summed E-state index contributed by atoms with van der Waals surface area (Å²) in [7, 11) is 0. The van der Waals surface area contributed by atoms with Crippen molar-refractivity contribution in [1.82, 2.24) is 20.3 Å². The molecule has 5 rings (SSSR count). The largest absolute Gasteiger partial charge is 0.492 e. The van der Waals surface area contributed by atoms with Gasteiger partial charge in [0, 0.05) is 46.5 Å². The summed E-state index contributed by atoms with van der Waals surface area (Å²) in [4.78, 5) is 25.9. The van der Waals surface area contributed by atoms with E-state index in [9.17, 15) is 18.0 Å². The quantitative estimate of drug-likeness (QED) is 0.229. The number of carbonyl (C=O) groups excluding carboxylic acids is 1. The first-order valence-electron chi connectivity index (χ1n) is 13.1. The number of nitrogens with one attached hydrogen (secondary N) is 3. The zero-order valence-electron chi connectivity index (χ0n) is 22.5. The number of amides is 1. The zero-order chi connectivity index (χ0) is 29.0. The number of halogens is 3. The van der Waals surface area contributed by atoms with Crippen molar-refractivity contribution in [3.8, 4) is 17.0 Å². The van der Waals surface area contributed by atoms with Crippen LogP contribution in [-0.4, -0.2) is 39.5 Å². The molecule has 0 aliphatic carbocycles. The minimum absolute atomic E-state index is 0.0183. The van der Waals surface area contributed by atoms with Gasteiger partial charge in [0.05, 0.1) is 11.3 Å². The van der Waals surface area contributed by atoms with Gasteiger partial charge in [-0.3, -0.25) is 4.79 Å². The van der Waals surface area contributed by atoms with Gasteiger partial charge in [0.25, 0.3) is 5.91 Å². The molecule has 0 bridgehead atoms. The Bertz CT molecular complexity index is 1540. The minimum atomic E-state index is -4.61. The maximum absolute atomic E-state index is 13.7. The lowest BCUT2D eigenvalue weighted by atomic mass is 10.0. The summed E-state index contributed by atoms with van der Waals surface area (Å²) >= 11 is 0. The third-order valence-corrected chi connectivity index (χ3v) is 6.92. The number of aromatic nitrogens is 3. The summed E-state index contributed by atoms with van der Waals surface area (Å²) in [5.74, 6) is -0.0134. The van der Waals surface area contributed by atoms with E-state index in [4.69, 9.17) is 4.74 Å². The van der Waals surface area contributed by atoms with Gasteiger partial charge in [0.2, 0.25) is 0 Å². The average Bonchev–Trinajstić information content (AvgIpc) is 3.40. The normalized spacial score (nSPS) is 16.8. The van der Waals surface area contributed by atoms with Crippen LogP contribution in [0.4, 0.5) is 30.4 Å². The molecule has 0 saturated carbocycles. The maximum atomic E-state index is 13.7. The van der Waals surface area contributed by atoms with Crippen molar-refractivity contribution in [2.45, 2.75) is 38.4 Å². The summed E-state index contributed by atoms with van der Waals surface area (Å²) in [6, 6.07) is 13.6. The second kappa shape index (κ2) is 11.5. The fraction of sp³-hybridized carbons (Fsp3) is 0.267. The summed E-state index contributed by atoms with van der Waals surface area (Å²) < 4.78 is 46.8. The van der Waals surface area contributed by atoms with Crippen LogP contribution in [0.25, 0.3) is 11.3 Å². The van der Waals surface area contributed by atoms with Crippen molar-refractivity contribution < 1.29 is 22.7 Å². The van der Waals surface area contributed by atoms with E-state index in [1.54, 1.807) is 42.7 Å². The number of anilines is 3. The van der Waals surface area contributed by atoms with E-state index in [0.717, 1.165) is 42.6 Å². The molecule has 1 fully saturated rings. The van der Waals surface area contributed by atoms with E-state index in [-0.39, 0.29) is 29.1 Å². The first-order chi connectivity index (χ1) is 19.6. The standard InChI is InChI=1S/C30H29F3N6O2/c1-19-6-7-20(13-26(19)39-27-24(5-3-10-35-27)25-8-12-34-18-36-25)28(40)38-22-14-21(30(31,32)33)15-23(16-22)41-17-29(2)9-4-11-37-29/h3,5-8,10,12-16,18,37H,4,9,11,17H2,1-2H3,(H,35,39)(H,38,40)/t29-/m0/s1. The predicted molar refractivity (Wildman–Crippen MR) is 150 cm³/mol. The van der Waals surface area contributed by atoms with Crippen molar-refractivity contribution >= 4 is 23.1 Å². The van der Waals surface area contributed by atoms with Gasteiger partial charge in [0.1, 0.15) is 24.5 Å². The van der Waals surface area contributed by atoms with Crippen LogP contribution in [0.5, 0.6) is 5.75 Å². The zero-order valence-corrected chi connectivity index (χ0v) is 22.5. The average molecular weight is 563 g/mol. The molecule has 1 atom stereocenters.